The number of carbonyl (C=O) groups excluding carboxylic acids is 6. The fourth-order valence-electron chi connectivity index (χ4n) is 5.43. The van der Waals surface area contributed by atoms with Crippen LogP contribution in [0.15, 0.2) is 17.7 Å². The molecule has 4 heterocycles. The summed E-state index contributed by atoms with van der Waals surface area (Å²) in [4.78, 5) is 78.9. The number of barbiturate groups is 2. The minimum absolute atomic E-state index is 0.0319. The molecule has 8 amide bonds. The number of benzene rings is 1. The molecule has 1 spiro atoms. The van der Waals surface area contributed by atoms with Crippen molar-refractivity contribution in [3.63, 3.8) is 0 Å². The van der Waals surface area contributed by atoms with Gasteiger partial charge in [-0.25, -0.2) is 9.59 Å². The number of anilines is 1. The van der Waals surface area contributed by atoms with Crippen molar-refractivity contribution in [3.05, 3.63) is 33.9 Å². The first-order chi connectivity index (χ1) is 16.1. The monoisotopic (exact) mass is 485 g/mol. The summed E-state index contributed by atoms with van der Waals surface area (Å²) in [7, 11) is 2.71. The summed E-state index contributed by atoms with van der Waals surface area (Å²) in [6.45, 7) is 0.602. The van der Waals surface area contributed by atoms with Gasteiger partial charge in [0.15, 0.2) is 5.41 Å². The first kappa shape index (κ1) is 22.1. The van der Waals surface area contributed by atoms with E-state index in [-0.39, 0.29) is 17.0 Å². The highest BCUT2D eigenvalue weighted by atomic mass is 35.5. The van der Waals surface area contributed by atoms with Gasteiger partial charge in [-0.05, 0) is 36.1 Å². The lowest BCUT2D eigenvalue weighted by atomic mass is 9.68. The van der Waals surface area contributed by atoms with E-state index >= 15 is 0 Å². The lowest BCUT2D eigenvalue weighted by Crippen LogP contribution is -2.70. The lowest BCUT2D eigenvalue weighted by Gasteiger charge is -2.51. The molecule has 4 aliphatic heterocycles. The highest BCUT2D eigenvalue weighted by Crippen LogP contribution is 2.51. The van der Waals surface area contributed by atoms with Crippen molar-refractivity contribution in [1.82, 2.24) is 20.4 Å². The molecule has 34 heavy (non-hydrogen) atoms. The lowest BCUT2D eigenvalue weighted by molar-refractivity contribution is -0.159. The van der Waals surface area contributed by atoms with Crippen LogP contribution in [0.3, 0.4) is 0 Å². The molecular formula is C22H20ClN5O6. The van der Waals surface area contributed by atoms with Crippen molar-refractivity contribution >= 4 is 59.1 Å². The molecule has 12 heteroatoms. The molecule has 3 saturated heterocycles. The van der Waals surface area contributed by atoms with Gasteiger partial charge in [0.2, 0.25) is 11.8 Å². The first-order valence-electron chi connectivity index (χ1n) is 10.6. The maximum absolute atomic E-state index is 13.5. The number of amides is 8. The Morgan fingerprint density at radius 2 is 1.62 bits per heavy atom. The maximum Gasteiger partial charge on any atom is 0.332 e. The molecule has 4 aliphatic rings. The molecule has 2 N–H and O–H groups in total. The molecule has 0 aliphatic carbocycles. The van der Waals surface area contributed by atoms with Crippen LogP contribution in [0.25, 0.3) is 6.08 Å². The van der Waals surface area contributed by atoms with Crippen LogP contribution in [-0.4, -0.2) is 72.2 Å². The normalized spacial score (nSPS) is 23.8. The Hall–Kier alpha value is -3.73. The molecule has 0 saturated carbocycles. The van der Waals surface area contributed by atoms with E-state index in [0.29, 0.717) is 24.1 Å². The molecule has 0 bridgehead atoms. The summed E-state index contributed by atoms with van der Waals surface area (Å²) in [5.41, 5.74) is -0.240. The van der Waals surface area contributed by atoms with Gasteiger partial charge in [0.25, 0.3) is 11.8 Å². The van der Waals surface area contributed by atoms with E-state index in [2.05, 4.69) is 0 Å². The van der Waals surface area contributed by atoms with Gasteiger partial charge in [0.05, 0.1) is 11.1 Å². The highest BCUT2D eigenvalue weighted by molar-refractivity contribution is 6.35. The molecule has 0 aromatic heterocycles. The van der Waals surface area contributed by atoms with Crippen LogP contribution in [0.1, 0.15) is 24.0 Å². The van der Waals surface area contributed by atoms with Crippen molar-refractivity contribution in [3.8, 4) is 0 Å². The van der Waals surface area contributed by atoms with Gasteiger partial charge in [0.1, 0.15) is 5.57 Å². The molecular weight excluding hydrogens is 466 g/mol. The van der Waals surface area contributed by atoms with Gasteiger partial charge in [-0.15, -0.1) is 0 Å². The Morgan fingerprint density at radius 1 is 1.00 bits per heavy atom. The van der Waals surface area contributed by atoms with Crippen LogP contribution in [0, 0.1) is 5.41 Å². The molecule has 176 valence electrons. The van der Waals surface area contributed by atoms with Gasteiger partial charge in [-0.2, -0.15) is 0 Å². The van der Waals surface area contributed by atoms with Crippen molar-refractivity contribution in [2.75, 3.05) is 25.5 Å². The average molecular weight is 486 g/mol. The number of rotatable bonds is 1. The summed E-state index contributed by atoms with van der Waals surface area (Å²) in [5.74, 6) is -2.88. The number of urea groups is 2. The number of fused-ring (bicyclic) bond motifs is 4. The van der Waals surface area contributed by atoms with Crippen molar-refractivity contribution in [1.29, 1.82) is 0 Å². The molecule has 1 aromatic carbocycles. The largest absolute Gasteiger partial charge is 0.367 e. The average Bonchev–Trinajstić information content (AvgIpc) is 3.29. The van der Waals surface area contributed by atoms with Gasteiger partial charge in [-0.1, -0.05) is 17.7 Å². The minimum Gasteiger partial charge on any atom is -0.367 e. The van der Waals surface area contributed by atoms with E-state index in [0.717, 1.165) is 21.9 Å². The number of hydrogen-bond acceptors (Lipinski definition) is 7. The van der Waals surface area contributed by atoms with Gasteiger partial charge in [0, 0.05) is 32.7 Å². The van der Waals surface area contributed by atoms with E-state index in [4.69, 9.17) is 11.6 Å². The maximum atomic E-state index is 13.5. The zero-order valence-corrected chi connectivity index (χ0v) is 19.1. The van der Waals surface area contributed by atoms with E-state index in [1.165, 1.54) is 20.2 Å². The zero-order chi connectivity index (χ0) is 24.5. The third kappa shape index (κ3) is 2.82. The van der Waals surface area contributed by atoms with E-state index < -0.39 is 47.1 Å². The minimum atomic E-state index is -1.53. The Labute approximate surface area is 198 Å². The second-order valence-electron chi connectivity index (χ2n) is 8.77. The van der Waals surface area contributed by atoms with Crippen molar-refractivity contribution < 1.29 is 28.8 Å². The Bertz CT molecular complexity index is 1210. The van der Waals surface area contributed by atoms with Crippen molar-refractivity contribution in [2.45, 2.75) is 25.3 Å². The Morgan fingerprint density at radius 3 is 2.24 bits per heavy atom. The number of imide groups is 4. The SMILES string of the molecule is CN1C(=O)N(C)C(=O)C2(Cc3c(ccc(C=C4C(=O)NC(=O)NC4=O)c3Cl)N3CCC[C@@H]32)C1=O. The van der Waals surface area contributed by atoms with Gasteiger partial charge >= 0.3 is 12.1 Å². The molecule has 11 nitrogen and oxygen atoms in total. The fraction of sp³-hybridized carbons (Fsp3) is 0.364. The molecule has 3 fully saturated rings. The number of nitrogens with zero attached hydrogens (tertiary/aromatic N) is 3. The van der Waals surface area contributed by atoms with Gasteiger partial charge < -0.3 is 4.90 Å². The van der Waals surface area contributed by atoms with Crippen LogP contribution in [0.5, 0.6) is 0 Å². The molecule has 0 radical (unpaired) electrons. The predicted octanol–water partition coefficient (Wildman–Crippen LogP) is 0.651. The molecule has 5 rings (SSSR count). The second-order valence-corrected chi connectivity index (χ2v) is 9.15. The molecule has 0 unspecified atom stereocenters. The number of halogens is 1. The Kier molecular flexibility index (Phi) is 4.80. The summed E-state index contributed by atoms with van der Waals surface area (Å²) < 4.78 is 0. The Balaban J connectivity index is 1.65. The van der Waals surface area contributed by atoms with E-state index in [9.17, 15) is 28.8 Å². The summed E-state index contributed by atoms with van der Waals surface area (Å²) >= 11 is 6.74. The van der Waals surface area contributed by atoms with Crippen LogP contribution < -0.4 is 15.5 Å². The number of nitrogens with one attached hydrogen (secondary N) is 2. The fourth-order valence-corrected chi connectivity index (χ4v) is 5.71. The van der Waals surface area contributed by atoms with Crippen LogP contribution in [-0.2, 0) is 25.6 Å². The molecule has 1 atom stereocenters. The number of carbonyl (C=O) groups is 6. The first-order valence-corrected chi connectivity index (χ1v) is 11.0. The van der Waals surface area contributed by atoms with Gasteiger partial charge in [-0.3, -0.25) is 39.6 Å². The predicted molar refractivity (Wildman–Crippen MR) is 119 cm³/mol. The quantitative estimate of drug-likeness (QED) is 0.338. The van der Waals surface area contributed by atoms with Crippen LogP contribution in [0.4, 0.5) is 15.3 Å². The molecule has 1 aromatic rings. The zero-order valence-electron chi connectivity index (χ0n) is 18.3. The smallest absolute Gasteiger partial charge is 0.332 e. The summed E-state index contributed by atoms with van der Waals surface area (Å²) in [6, 6.07) is 1.38. The third-order valence-electron chi connectivity index (χ3n) is 7.02. The number of hydrogen-bond donors (Lipinski definition) is 2. The van der Waals surface area contributed by atoms with Crippen LogP contribution >= 0.6 is 11.6 Å². The topological polar surface area (TPSA) is 136 Å². The standard InChI is InChI=1S/C22H20ClN5O6/c1-26-18(31)22(19(32)27(2)21(26)34)9-12-13(28-7-3-4-14(22)28)6-5-10(15(12)23)8-11-16(29)24-20(33)25-17(11)30/h5-6,8,14H,3-4,7,9H2,1-2H3,(H2,24,25,29,30,33)/t14-/m1/s1. The van der Waals surface area contributed by atoms with E-state index in [1.807, 2.05) is 15.5 Å². The second kappa shape index (κ2) is 7.39. The summed E-state index contributed by atoms with van der Waals surface area (Å²) in [5, 5.41) is 4.18. The van der Waals surface area contributed by atoms with Crippen molar-refractivity contribution in [2.24, 2.45) is 5.41 Å². The summed E-state index contributed by atoms with van der Waals surface area (Å²) in [6.07, 6.45) is 2.58. The third-order valence-corrected chi connectivity index (χ3v) is 7.47. The van der Waals surface area contributed by atoms with E-state index in [1.54, 1.807) is 12.1 Å². The van der Waals surface area contributed by atoms with Crippen LogP contribution in [0.2, 0.25) is 5.02 Å². The highest BCUT2D eigenvalue weighted by Gasteiger charge is 2.64.